The number of imidazole rings is 1. The van der Waals surface area contributed by atoms with Gasteiger partial charge < -0.3 is 15.0 Å². The number of carbonyl (C=O) groups is 2. The van der Waals surface area contributed by atoms with Gasteiger partial charge in [-0.1, -0.05) is 13.8 Å². The van der Waals surface area contributed by atoms with Crippen molar-refractivity contribution < 1.29 is 14.7 Å². The van der Waals surface area contributed by atoms with Crippen LogP contribution in [-0.4, -0.2) is 33.1 Å². The van der Waals surface area contributed by atoms with E-state index in [9.17, 15) is 14.7 Å². The number of aliphatic carboxylic acids is 1. The molecule has 0 bridgehead atoms. The molecule has 118 valence electrons. The molecule has 6 nitrogen and oxygen atoms in total. The van der Waals surface area contributed by atoms with Gasteiger partial charge in [-0.2, -0.15) is 0 Å². The second-order valence-electron chi connectivity index (χ2n) is 5.33. The first-order valence-corrected chi connectivity index (χ1v) is 7.50. The Bertz CT molecular complexity index is 439. The number of rotatable bonds is 10. The highest BCUT2D eigenvalue weighted by Crippen LogP contribution is 2.30. The fourth-order valence-electron chi connectivity index (χ4n) is 2.31. The van der Waals surface area contributed by atoms with E-state index in [4.69, 9.17) is 0 Å². The first kappa shape index (κ1) is 17.2. The largest absolute Gasteiger partial charge is 0.481 e. The Balaban J connectivity index is 2.25. The van der Waals surface area contributed by atoms with Crippen molar-refractivity contribution in [3.8, 4) is 0 Å². The maximum absolute atomic E-state index is 11.9. The van der Waals surface area contributed by atoms with E-state index in [1.165, 1.54) is 0 Å². The fraction of sp³-hybridized carbons (Fsp3) is 0.667. The monoisotopic (exact) mass is 295 g/mol. The summed E-state index contributed by atoms with van der Waals surface area (Å²) in [6.45, 7) is 5.08. The zero-order valence-electron chi connectivity index (χ0n) is 12.8. The predicted molar refractivity (Wildman–Crippen MR) is 79.7 cm³/mol. The van der Waals surface area contributed by atoms with Gasteiger partial charge in [-0.3, -0.25) is 9.59 Å². The molecule has 0 fully saturated rings. The lowest BCUT2D eigenvalue weighted by Gasteiger charge is -2.25. The number of aryl methyl sites for hydroxylation is 1. The zero-order chi connectivity index (χ0) is 15.7. The number of amides is 1. The Morgan fingerprint density at radius 3 is 2.52 bits per heavy atom. The van der Waals surface area contributed by atoms with Crippen LogP contribution in [-0.2, 0) is 16.1 Å². The molecule has 0 aromatic carbocycles. The van der Waals surface area contributed by atoms with Crippen molar-refractivity contribution in [2.45, 2.75) is 52.5 Å². The molecule has 21 heavy (non-hydrogen) atoms. The summed E-state index contributed by atoms with van der Waals surface area (Å²) in [4.78, 5) is 27.2. The van der Waals surface area contributed by atoms with Gasteiger partial charge in [0.1, 0.15) is 0 Å². The first-order chi connectivity index (χ1) is 10.0. The number of aromatic nitrogens is 2. The molecule has 0 radical (unpaired) electrons. The maximum Gasteiger partial charge on any atom is 0.310 e. The van der Waals surface area contributed by atoms with Crippen LogP contribution in [0.4, 0.5) is 0 Å². The Morgan fingerprint density at radius 2 is 2.00 bits per heavy atom. The van der Waals surface area contributed by atoms with Gasteiger partial charge in [0.25, 0.3) is 0 Å². The number of hydrogen-bond donors (Lipinski definition) is 2. The SMILES string of the molecule is CCC(CC)(CC(=O)NCCCCn1ccnc1)C(=O)O. The normalized spacial score (nSPS) is 11.3. The lowest BCUT2D eigenvalue weighted by molar-refractivity contribution is -0.152. The van der Waals surface area contributed by atoms with Crippen LogP contribution in [0.15, 0.2) is 18.7 Å². The average Bonchev–Trinajstić information content (AvgIpc) is 2.97. The molecule has 0 spiro atoms. The van der Waals surface area contributed by atoms with Crippen LogP contribution in [0.25, 0.3) is 0 Å². The smallest absolute Gasteiger partial charge is 0.310 e. The number of hydrogen-bond acceptors (Lipinski definition) is 3. The summed E-state index contributed by atoms with van der Waals surface area (Å²) in [6.07, 6.45) is 8.20. The highest BCUT2D eigenvalue weighted by Gasteiger charge is 2.36. The molecular formula is C15H25N3O3. The highest BCUT2D eigenvalue weighted by molar-refractivity contribution is 5.84. The molecule has 0 saturated heterocycles. The molecule has 0 aliphatic rings. The van der Waals surface area contributed by atoms with Crippen LogP contribution in [0.1, 0.15) is 46.0 Å². The second-order valence-corrected chi connectivity index (χ2v) is 5.33. The van der Waals surface area contributed by atoms with E-state index in [2.05, 4.69) is 10.3 Å². The van der Waals surface area contributed by atoms with Gasteiger partial charge >= 0.3 is 5.97 Å². The summed E-state index contributed by atoms with van der Waals surface area (Å²) in [5.41, 5.74) is -0.930. The molecule has 1 aromatic rings. The standard InChI is InChI=1S/C15H25N3O3/c1-3-15(4-2,14(20)21)11-13(19)17-7-5-6-9-18-10-8-16-12-18/h8,10,12H,3-7,9,11H2,1-2H3,(H,17,19)(H,20,21). The summed E-state index contributed by atoms with van der Waals surface area (Å²) < 4.78 is 1.99. The highest BCUT2D eigenvalue weighted by atomic mass is 16.4. The minimum absolute atomic E-state index is 0.0524. The van der Waals surface area contributed by atoms with Crippen LogP contribution in [0, 0.1) is 5.41 Å². The first-order valence-electron chi connectivity index (χ1n) is 7.50. The van der Waals surface area contributed by atoms with Gasteiger partial charge in [0.2, 0.25) is 5.91 Å². The summed E-state index contributed by atoms with van der Waals surface area (Å²) in [6, 6.07) is 0. The Kier molecular flexibility index (Phi) is 6.91. The molecule has 0 aliphatic heterocycles. The Morgan fingerprint density at radius 1 is 1.29 bits per heavy atom. The zero-order valence-corrected chi connectivity index (χ0v) is 12.8. The third-order valence-corrected chi connectivity index (χ3v) is 4.03. The molecule has 1 aromatic heterocycles. The van der Waals surface area contributed by atoms with E-state index in [0.29, 0.717) is 19.4 Å². The van der Waals surface area contributed by atoms with Crippen LogP contribution < -0.4 is 5.32 Å². The van der Waals surface area contributed by atoms with Gasteiger partial charge in [-0.05, 0) is 25.7 Å². The number of nitrogens with one attached hydrogen (secondary N) is 1. The minimum Gasteiger partial charge on any atom is -0.481 e. The van der Waals surface area contributed by atoms with Crippen molar-refractivity contribution in [2.24, 2.45) is 5.41 Å². The van der Waals surface area contributed by atoms with Crippen LogP contribution in [0.3, 0.4) is 0 Å². The summed E-state index contributed by atoms with van der Waals surface area (Å²) in [7, 11) is 0. The average molecular weight is 295 g/mol. The number of unbranched alkanes of at least 4 members (excludes halogenated alkanes) is 1. The number of carboxylic acids is 1. The summed E-state index contributed by atoms with van der Waals surface area (Å²) in [5.74, 6) is -1.06. The van der Waals surface area contributed by atoms with Crippen molar-refractivity contribution in [2.75, 3.05) is 6.54 Å². The third-order valence-electron chi connectivity index (χ3n) is 4.03. The lowest BCUT2D eigenvalue weighted by atomic mass is 9.79. The molecule has 6 heteroatoms. The topological polar surface area (TPSA) is 84.2 Å². The number of carboxylic acid groups (broad SMARTS) is 1. The molecule has 1 rings (SSSR count). The van der Waals surface area contributed by atoms with E-state index in [1.54, 1.807) is 12.5 Å². The van der Waals surface area contributed by atoms with Crippen LogP contribution in [0.2, 0.25) is 0 Å². The summed E-state index contributed by atoms with van der Waals surface area (Å²) in [5, 5.41) is 12.1. The summed E-state index contributed by atoms with van der Waals surface area (Å²) >= 11 is 0. The van der Waals surface area contributed by atoms with Crippen molar-refractivity contribution in [1.82, 2.24) is 14.9 Å². The molecule has 0 unspecified atom stereocenters. The van der Waals surface area contributed by atoms with Crippen LogP contribution >= 0.6 is 0 Å². The van der Waals surface area contributed by atoms with Crippen molar-refractivity contribution in [3.63, 3.8) is 0 Å². The number of carbonyl (C=O) groups excluding carboxylic acids is 1. The van der Waals surface area contributed by atoms with E-state index in [1.807, 2.05) is 24.6 Å². The van der Waals surface area contributed by atoms with Crippen LogP contribution in [0.5, 0.6) is 0 Å². The van der Waals surface area contributed by atoms with Gasteiger partial charge in [0.15, 0.2) is 0 Å². The fourth-order valence-corrected chi connectivity index (χ4v) is 2.31. The quantitative estimate of drug-likeness (QED) is 0.647. The van der Waals surface area contributed by atoms with Crippen molar-refractivity contribution in [1.29, 1.82) is 0 Å². The van der Waals surface area contributed by atoms with Crippen molar-refractivity contribution >= 4 is 11.9 Å². The van der Waals surface area contributed by atoms with E-state index in [0.717, 1.165) is 19.4 Å². The van der Waals surface area contributed by atoms with E-state index >= 15 is 0 Å². The lowest BCUT2D eigenvalue weighted by Crippen LogP contribution is -2.37. The molecule has 1 heterocycles. The molecule has 0 aliphatic carbocycles. The Labute approximate surface area is 125 Å². The van der Waals surface area contributed by atoms with E-state index < -0.39 is 11.4 Å². The number of nitrogens with zero attached hydrogens (tertiary/aromatic N) is 2. The second kappa shape index (κ2) is 8.44. The Hall–Kier alpha value is -1.85. The van der Waals surface area contributed by atoms with Crippen molar-refractivity contribution in [3.05, 3.63) is 18.7 Å². The van der Waals surface area contributed by atoms with Gasteiger partial charge in [0.05, 0.1) is 11.7 Å². The maximum atomic E-state index is 11.9. The van der Waals surface area contributed by atoms with Gasteiger partial charge in [0, 0.05) is 31.9 Å². The molecular weight excluding hydrogens is 270 g/mol. The predicted octanol–water partition coefficient (Wildman–Crippen LogP) is 2.06. The molecule has 1 amide bonds. The molecule has 0 atom stereocenters. The molecule has 2 N–H and O–H groups in total. The third kappa shape index (κ3) is 5.21. The van der Waals surface area contributed by atoms with E-state index in [-0.39, 0.29) is 12.3 Å². The van der Waals surface area contributed by atoms with Gasteiger partial charge in [-0.15, -0.1) is 0 Å². The van der Waals surface area contributed by atoms with Gasteiger partial charge in [-0.25, -0.2) is 4.98 Å². The minimum atomic E-state index is -0.930. The molecule has 0 saturated carbocycles.